The molecule has 0 aromatic heterocycles. The Kier molecular flexibility index (Phi) is 6.15. The number of likely N-dealkylation sites (N-methyl/N-ethyl adjacent to an activating group) is 1. The molecule has 1 aromatic carbocycles. The van der Waals surface area contributed by atoms with E-state index in [1.54, 1.807) is 7.05 Å². The number of nitrogens with one attached hydrogen (secondary N) is 2. The molecule has 17 heavy (non-hydrogen) atoms. The predicted octanol–water partition coefficient (Wildman–Crippen LogP) is 0.410. The zero-order valence-corrected chi connectivity index (χ0v) is 10.5. The van der Waals surface area contributed by atoms with Gasteiger partial charge in [-0.2, -0.15) is 0 Å². The Hall–Kier alpha value is -0.940. The summed E-state index contributed by atoms with van der Waals surface area (Å²) in [4.78, 5) is 0. The van der Waals surface area contributed by atoms with Crippen molar-refractivity contribution < 1.29 is 10.2 Å². The molecule has 0 aliphatic rings. The Balaban J connectivity index is 2.69. The van der Waals surface area contributed by atoms with Crippen LogP contribution in [0, 0.1) is 0 Å². The van der Waals surface area contributed by atoms with Crippen molar-refractivity contribution in [3.63, 3.8) is 0 Å². The molecule has 4 N–H and O–H groups in total. The maximum absolute atomic E-state index is 9.96. The van der Waals surface area contributed by atoms with Gasteiger partial charge in [0.2, 0.25) is 0 Å². The van der Waals surface area contributed by atoms with E-state index in [9.17, 15) is 10.2 Å². The summed E-state index contributed by atoms with van der Waals surface area (Å²) in [6.45, 7) is 4.11. The van der Waals surface area contributed by atoms with Crippen LogP contribution in [0.3, 0.4) is 0 Å². The van der Waals surface area contributed by atoms with Crippen LogP contribution in [-0.2, 0) is 6.54 Å². The van der Waals surface area contributed by atoms with Gasteiger partial charge in [0.25, 0.3) is 0 Å². The van der Waals surface area contributed by atoms with Gasteiger partial charge in [0, 0.05) is 13.1 Å². The lowest BCUT2D eigenvalue weighted by Gasteiger charge is -2.18. The van der Waals surface area contributed by atoms with Crippen LogP contribution in [0.15, 0.2) is 24.3 Å². The van der Waals surface area contributed by atoms with E-state index in [-0.39, 0.29) is 0 Å². The van der Waals surface area contributed by atoms with Crippen LogP contribution in [-0.4, -0.2) is 36.5 Å². The second-order valence-corrected chi connectivity index (χ2v) is 4.10. The first-order chi connectivity index (χ1) is 8.19. The maximum atomic E-state index is 9.96. The molecule has 0 heterocycles. The largest absolute Gasteiger partial charge is 0.389 e. The van der Waals surface area contributed by atoms with Crippen LogP contribution in [0.5, 0.6) is 0 Å². The van der Waals surface area contributed by atoms with E-state index < -0.39 is 12.2 Å². The molecular formula is C13H22N2O2. The topological polar surface area (TPSA) is 64.5 Å². The minimum atomic E-state index is -0.843. The summed E-state index contributed by atoms with van der Waals surface area (Å²) in [6.07, 6.45) is -1.63. The van der Waals surface area contributed by atoms with Crippen molar-refractivity contribution in [1.82, 2.24) is 10.6 Å². The summed E-state index contributed by atoms with van der Waals surface area (Å²) < 4.78 is 0. The van der Waals surface area contributed by atoms with E-state index in [2.05, 4.69) is 17.6 Å². The lowest BCUT2D eigenvalue weighted by atomic mass is 10.0. The third-order valence-corrected chi connectivity index (χ3v) is 2.65. The summed E-state index contributed by atoms with van der Waals surface area (Å²) in [5.74, 6) is 0. The Morgan fingerprint density at radius 2 is 2.06 bits per heavy atom. The van der Waals surface area contributed by atoms with Crippen molar-refractivity contribution in [3.05, 3.63) is 35.4 Å². The second kappa shape index (κ2) is 7.40. The zero-order valence-electron chi connectivity index (χ0n) is 10.5. The molecule has 4 heteroatoms. The normalized spacial score (nSPS) is 14.6. The van der Waals surface area contributed by atoms with Gasteiger partial charge in [-0.25, -0.2) is 0 Å². The molecule has 1 rings (SSSR count). The molecule has 0 aliphatic heterocycles. The highest BCUT2D eigenvalue weighted by molar-refractivity contribution is 5.25. The van der Waals surface area contributed by atoms with E-state index in [1.807, 2.05) is 24.3 Å². The molecule has 0 spiro atoms. The highest BCUT2D eigenvalue weighted by Crippen LogP contribution is 2.17. The van der Waals surface area contributed by atoms with Crippen molar-refractivity contribution in [2.45, 2.75) is 25.7 Å². The van der Waals surface area contributed by atoms with Gasteiger partial charge in [0.15, 0.2) is 0 Å². The van der Waals surface area contributed by atoms with Crippen LogP contribution < -0.4 is 10.6 Å². The highest BCUT2D eigenvalue weighted by atomic mass is 16.3. The highest BCUT2D eigenvalue weighted by Gasteiger charge is 2.17. The summed E-state index contributed by atoms with van der Waals surface area (Å²) in [5, 5.41) is 25.7. The van der Waals surface area contributed by atoms with Crippen LogP contribution in [0.4, 0.5) is 0 Å². The van der Waals surface area contributed by atoms with Crippen molar-refractivity contribution in [1.29, 1.82) is 0 Å². The molecule has 2 unspecified atom stereocenters. The maximum Gasteiger partial charge on any atom is 0.106 e. The molecular weight excluding hydrogens is 216 g/mol. The van der Waals surface area contributed by atoms with E-state index in [1.165, 1.54) is 0 Å². The number of rotatable bonds is 7. The Morgan fingerprint density at radius 3 is 2.71 bits per heavy atom. The fraction of sp³-hybridized carbons (Fsp3) is 0.538. The standard InChI is InChI=1S/C13H22N2O2/c1-3-15-8-10-5-4-6-11(7-10)13(17)12(16)9-14-2/h4-7,12-17H,3,8-9H2,1-2H3. The van der Waals surface area contributed by atoms with Crippen molar-refractivity contribution in [2.24, 2.45) is 0 Å². The summed E-state index contributed by atoms with van der Waals surface area (Å²) >= 11 is 0. The minimum Gasteiger partial charge on any atom is -0.389 e. The molecule has 1 aromatic rings. The lowest BCUT2D eigenvalue weighted by Crippen LogP contribution is -2.29. The Bertz CT molecular complexity index is 331. The summed E-state index contributed by atoms with van der Waals surface area (Å²) in [6, 6.07) is 7.66. The number of aliphatic hydroxyl groups is 2. The monoisotopic (exact) mass is 238 g/mol. The van der Waals surface area contributed by atoms with Crippen molar-refractivity contribution >= 4 is 0 Å². The molecule has 96 valence electrons. The van der Waals surface area contributed by atoms with Crippen LogP contribution in [0.25, 0.3) is 0 Å². The first-order valence-electron chi connectivity index (χ1n) is 5.99. The predicted molar refractivity (Wildman–Crippen MR) is 68.7 cm³/mol. The van der Waals surface area contributed by atoms with Gasteiger partial charge in [-0.1, -0.05) is 31.2 Å². The van der Waals surface area contributed by atoms with Crippen molar-refractivity contribution in [2.75, 3.05) is 20.1 Å². The fourth-order valence-electron chi connectivity index (χ4n) is 1.70. The number of hydrogen-bond acceptors (Lipinski definition) is 4. The average molecular weight is 238 g/mol. The molecule has 2 atom stereocenters. The fourth-order valence-corrected chi connectivity index (χ4v) is 1.70. The van der Waals surface area contributed by atoms with Gasteiger partial charge in [-0.15, -0.1) is 0 Å². The molecule has 0 fully saturated rings. The molecule has 0 bridgehead atoms. The SMILES string of the molecule is CCNCc1cccc(C(O)C(O)CNC)c1. The number of hydrogen-bond donors (Lipinski definition) is 4. The van der Waals surface area contributed by atoms with Crippen LogP contribution in [0.1, 0.15) is 24.2 Å². The molecule has 0 amide bonds. The first-order valence-corrected chi connectivity index (χ1v) is 5.99. The smallest absolute Gasteiger partial charge is 0.106 e. The zero-order chi connectivity index (χ0) is 12.7. The van der Waals surface area contributed by atoms with Gasteiger partial charge in [0.1, 0.15) is 6.10 Å². The molecule has 0 saturated heterocycles. The number of aliphatic hydroxyl groups excluding tert-OH is 2. The van der Waals surface area contributed by atoms with Crippen molar-refractivity contribution in [3.8, 4) is 0 Å². The molecule has 0 saturated carbocycles. The van der Waals surface area contributed by atoms with Gasteiger partial charge in [-0.05, 0) is 24.7 Å². The van der Waals surface area contributed by atoms with E-state index >= 15 is 0 Å². The third kappa shape index (κ3) is 4.44. The molecule has 0 aliphatic carbocycles. The van der Waals surface area contributed by atoms with Gasteiger partial charge in [-0.3, -0.25) is 0 Å². The quantitative estimate of drug-likeness (QED) is 0.555. The minimum absolute atomic E-state index is 0.374. The van der Waals surface area contributed by atoms with E-state index in [4.69, 9.17) is 0 Å². The van der Waals surface area contributed by atoms with Crippen LogP contribution in [0.2, 0.25) is 0 Å². The van der Waals surface area contributed by atoms with E-state index in [0.717, 1.165) is 24.2 Å². The van der Waals surface area contributed by atoms with E-state index in [0.29, 0.717) is 6.54 Å². The van der Waals surface area contributed by atoms with Gasteiger partial charge < -0.3 is 20.8 Å². The van der Waals surface area contributed by atoms with Gasteiger partial charge in [0.05, 0.1) is 6.10 Å². The lowest BCUT2D eigenvalue weighted by molar-refractivity contribution is 0.0202. The molecule has 0 radical (unpaired) electrons. The van der Waals surface area contributed by atoms with Gasteiger partial charge >= 0.3 is 0 Å². The summed E-state index contributed by atoms with van der Waals surface area (Å²) in [7, 11) is 1.75. The average Bonchev–Trinajstić information content (AvgIpc) is 2.36. The third-order valence-electron chi connectivity index (χ3n) is 2.65. The van der Waals surface area contributed by atoms with Crippen LogP contribution >= 0.6 is 0 Å². The molecule has 4 nitrogen and oxygen atoms in total. The first kappa shape index (κ1) is 14.1. The number of benzene rings is 1. The Morgan fingerprint density at radius 1 is 1.29 bits per heavy atom. The summed E-state index contributed by atoms with van der Waals surface area (Å²) in [5.41, 5.74) is 1.86. The Labute approximate surface area is 103 Å². The second-order valence-electron chi connectivity index (χ2n) is 4.10.